The summed E-state index contributed by atoms with van der Waals surface area (Å²) in [6.07, 6.45) is 3.13. The van der Waals surface area contributed by atoms with E-state index in [1.165, 1.54) is 7.11 Å². The molecule has 0 saturated carbocycles. The van der Waals surface area contributed by atoms with E-state index in [0.717, 1.165) is 29.9 Å². The summed E-state index contributed by atoms with van der Waals surface area (Å²) in [6.45, 7) is 4.12. The van der Waals surface area contributed by atoms with Crippen LogP contribution in [0.1, 0.15) is 42.9 Å². The van der Waals surface area contributed by atoms with Crippen molar-refractivity contribution in [3.05, 3.63) is 59.2 Å². The number of nitriles is 1. The van der Waals surface area contributed by atoms with E-state index in [4.69, 9.17) is 14.9 Å². The number of rotatable bonds is 8. The molecule has 0 amide bonds. The molecular formula is C19H21N5O2. The van der Waals surface area contributed by atoms with Crippen LogP contribution >= 0.6 is 0 Å². The standard InChI is InChI=1S/C19H21N5O2/c1-14(23-25-3)18-8-4-6-17(22-18)7-5-11-26-24-15(2)19-12-16(13-20)9-10-21-19/h4,6,8-10,12H,5,7,11H2,1-3H3/b23-14+,24-15+. The maximum atomic E-state index is 8.91. The molecule has 0 spiro atoms. The van der Waals surface area contributed by atoms with Gasteiger partial charge in [-0.3, -0.25) is 9.97 Å². The Kier molecular flexibility index (Phi) is 7.25. The molecule has 0 aliphatic rings. The SMILES string of the molecule is CO/N=C(\C)c1cccc(CCCO/N=C(\C)c2cc(C#N)ccn2)n1. The van der Waals surface area contributed by atoms with Gasteiger partial charge in [-0.15, -0.1) is 0 Å². The Morgan fingerprint density at radius 3 is 2.73 bits per heavy atom. The quantitative estimate of drug-likeness (QED) is 0.414. The Bertz CT molecular complexity index is 840. The summed E-state index contributed by atoms with van der Waals surface area (Å²) in [6, 6.07) is 11.2. The Labute approximate surface area is 153 Å². The van der Waals surface area contributed by atoms with Gasteiger partial charge in [0.15, 0.2) is 0 Å². The van der Waals surface area contributed by atoms with Crippen LogP contribution in [-0.4, -0.2) is 35.1 Å². The van der Waals surface area contributed by atoms with Gasteiger partial charge in [0.2, 0.25) is 0 Å². The van der Waals surface area contributed by atoms with E-state index in [1.54, 1.807) is 25.3 Å². The molecule has 0 unspecified atom stereocenters. The molecule has 26 heavy (non-hydrogen) atoms. The first-order chi connectivity index (χ1) is 12.6. The lowest BCUT2D eigenvalue weighted by molar-refractivity contribution is 0.141. The van der Waals surface area contributed by atoms with Crippen LogP contribution in [0.3, 0.4) is 0 Å². The molecule has 0 bridgehead atoms. The van der Waals surface area contributed by atoms with Crippen molar-refractivity contribution in [3.63, 3.8) is 0 Å². The number of aryl methyl sites for hydroxylation is 1. The smallest absolute Gasteiger partial charge is 0.117 e. The first-order valence-electron chi connectivity index (χ1n) is 8.21. The van der Waals surface area contributed by atoms with E-state index < -0.39 is 0 Å². The van der Waals surface area contributed by atoms with Gasteiger partial charge < -0.3 is 9.68 Å². The summed E-state index contributed by atoms with van der Waals surface area (Å²) in [5.74, 6) is 0. The maximum absolute atomic E-state index is 8.91. The molecular weight excluding hydrogens is 330 g/mol. The fourth-order valence-corrected chi connectivity index (χ4v) is 2.21. The topological polar surface area (TPSA) is 92.8 Å². The first-order valence-corrected chi connectivity index (χ1v) is 8.21. The number of oxime groups is 2. The number of hydrogen-bond donors (Lipinski definition) is 0. The van der Waals surface area contributed by atoms with E-state index >= 15 is 0 Å². The highest BCUT2D eigenvalue weighted by molar-refractivity contribution is 5.97. The molecule has 0 saturated heterocycles. The van der Waals surface area contributed by atoms with Crippen molar-refractivity contribution in [3.8, 4) is 6.07 Å². The van der Waals surface area contributed by atoms with Crippen molar-refractivity contribution in [2.75, 3.05) is 13.7 Å². The molecule has 2 rings (SSSR count). The minimum absolute atomic E-state index is 0.465. The molecule has 2 heterocycles. The summed E-state index contributed by atoms with van der Waals surface area (Å²) in [5.41, 5.74) is 4.30. The second-order valence-electron chi connectivity index (χ2n) is 5.53. The third-order valence-corrected chi connectivity index (χ3v) is 3.54. The summed E-state index contributed by atoms with van der Waals surface area (Å²) in [4.78, 5) is 18.9. The first kappa shape index (κ1) is 19.1. The van der Waals surface area contributed by atoms with E-state index in [1.807, 2.05) is 25.1 Å². The second kappa shape index (κ2) is 9.89. The number of nitrogens with zero attached hydrogens (tertiary/aromatic N) is 5. The summed E-state index contributed by atoms with van der Waals surface area (Å²) < 4.78 is 0. The fourth-order valence-electron chi connectivity index (χ4n) is 2.21. The van der Waals surface area contributed by atoms with Crippen molar-refractivity contribution in [1.82, 2.24) is 9.97 Å². The Hall–Kier alpha value is -3.27. The molecule has 0 aliphatic carbocycles. The molecule has 2 aromatic rings. The minimum Gasteiger partial charge on any atom is -0.399 e. The van der Waals surface area contributed by atoms with Gasteiger partial charge in [0, 0.05) is 11.9 Å². The van der Waals surface area contributed by atoms with Crippen molar-refractivity contribution in [2.45, 2.75) is 26.7 Å². The van der Waals surface area contributed by atoms with Crippen molar-refractivity contribution in [2.24, 2.45) is 10.3 Å². The van der Waals surface area contributed by atoms with Gasteiger partial charge >= 0.3 is 0 Å². The highest BCUT2D eigenvalue weighted by Crippen LogP contribution is 2.06. The van der Waals surface area contributed by atoms with E-state index in [2.05, 4.69) is 26.3 Å². The normalized spacial score (nSPS) is 11.8. The van der Waals surface area contributed by atoms with Crippen molar-refractivity contribution in [1.29, 1.82) is 5.26 Å². The monoisotopic (exact) mass is 351 g/mol. The fraction of sp³-hybridized carbons (Fsp3) is 0.316. The van der Waals surface area contributed by atoms with E-state index in [0.29, 0.717) is 23.6 Å². The van der Waals surface area contributed by atoms with Crippen molar-refractivity contribution < 1.29 is 9.68 Å². The predicted molar refractivity (Wildman–Crippen MR) is 98.9 cm³/mol. The second-order valence-corrected chi connectivity index (χ2v) is 5.53. The molecule has 0 fully saturated rings. The molecule has 7 nitrogen and oxygen atoms in total. The molecule has 0 N–H and O–H groups in total. The number of hydrogen-bond acceptors (Lipinski definition) is 7. The van der Waals surface area contributed by atoms with Gasteiger partial charge in [-0.05, 0) is 51.0 Å². The van der Waals surface area contributed by atoms with Gasteiger partial charge in [-0.1, -0.05) is 16.4 Å². The van der Waals surface area contributed by atoms with Gasteiger partial charge in [0.1, 0.15) is 25.1 Å². The third-order valence-electron chi connectivity index (χ3n) is 3.54. The number of pyridine rings is 2. The van der Waals surface area contributed by atoms with E-state index in [-0.39, 0.29) is 0 Å². The molecule has 0 aromatic carbocycles. The van der Waals surface area contributed by atoms with Crippen LogP contribution in [0, 0.1) is 11.3 Å². The van der Waals surface area contributed by atoms with Gasteiger partial charge in [-0.2, -0.15) is 5.26 Å². The van der Waals surface area contributed by atoms with Crippen LogP contribution in [0.5, 0.6) is 0 Å². The molecule has 2 aromatic heterocycles. The average Bonchev–Trinajstić information content (AvgIpc) is 2.68. The number of aromatic nitrogens is 2. The zero-order valence-corrected chi connectivity index (χ0v) is 15.1. The Morgan fingerprint density at radius 1 is 1.15 bits per heavy atom. The van der Waals surface area contributed by atoms with Crippen LogP contribution in [0.4, 0.5) is 0 Å². The Morgan fingerprint density at radius 2 is 1.96 bits per heavy atom. The lowest BCUT2D eigenvalue weighted by Crippen LogP contribution is -2.04. The predicted octanol–water partition coefficient (Wildman–Crippen LogP) is 3.09. The van der Waals surface area contributed by atoms with Crippen LogP contribution in [0.2, 0.25) is 0 Å². The van der Waals surface area contributed by atoms with Gasteiger partial charge in [0.05, 0.1) is 23.0 Å². The summed E-state index contributed by atoms with van der Waals surface area (Å²) in [5, 5.41) is 16.9. The van der Waals surface area contributed by atoms with Crippen LogP contribution < -0.4 is 0 Å². The molecule has 0 aliphatic heterocycles. The van der Waals surface area contributed by atoms with Gasteiger partial charge in [-0.25, -0.2) is 0 Å². The summed E-state index contributed by atoms with van der Waals surface area (Å²) in [7, 11) is 1.51. The average molecular weight is 351 g/mol. The van der Waals surface area contributed by atoms with Crippen LogP contribution in [0.15, 0.2) is 46.8 Å². The van der Waals surface area contributed by atoms with E-state index in [9.17, 15) is 0 Å². The minimum atomic E-state index is 0.465. The molecule has 134 valence electrons. The zero-order chi connectivity index (χ0) is 18.8. The molecule has 0 atom stereocenters. The maximum Gasteiger partial charge on any atom is 0.117 e. The largest absolute Gasteiger partial charge is 0.399 e. The van der Waals surface area contributed by atoms with Crippen molar-refractivity contribution >= 4 is 11.4 Å². The zero-order valence-electron chi connectivity index (χ0n) is 15.1. The summed E-state index contributed by atoms with van der Waals surface area (Å²) >= 11 is 0. The molecule has 7 heteroatoms. The lowest BCUT2D eigenvalue weighted by atomic mass is 10.2. The lowest BCUT2D eigenvalue weighted by Gasteiger charge is -2.05. The highest BCUT2D eigenvalue weighted by atomic mass is 16.6. The van der Waals surface area contributed by atoms with Crippen LogP contribution in [0.25, 0.3) is 0 Å². The highest BCUT2D eigenvalue weighted by Gasteiger charge is 2.03. The molecule has 0 radical (unpaired) electrons. The third kappa shape index (κ3) is 5.67. The Balaban J connectivity index is 1.84. The van der Waals surface area contributed by atoms with Gasteiger partial charge in [0.25, 0.3) is 0 Å². The van der Waals surface area contributed by atoms with Crippen LogP contribution in [-0.2, 0) is 16.1 Å².